The summed E-state index contributed by atoms with van der Waals surface area (Å²) >= 11 is 0. The Balaban J connectivity index is 0.00000256. The van der Waals surface area contributed by atoms with Gasteiger partial charge in [-0.1, -0.05) is 60.7 Å². The minimum Gasteiger partial charge on any atom is -0.352 e. The maximum atomic E-state index is 12.6. The summed E-state index contributed by atoms with van der Waals surface area (Å²) in [6.07, 6.45) is 0.271. The topological polar surface area (TPSA) is 75.4 Å². The molecule has 0 spiro atoms. The van der Waals surface area contributed by atoms with E-state index in [4.69, 9.17) is 5.73 Å². The molecule has 2 atom stereocenters. The lowest BCUT2D eigenvalue weighted by Crippen LogP contribution is -2.34. The van der Waals surface area contributed by atoms with Crippen LogP contribution < -0.4 is 11.1 Å². The van der Waals surface area contributed by atoms with Crippen molar-refractivity contribution >= 4 is 35.0 Å². The Morgan fingerprint density at radius 1 is 0.933 bits per heavy atom. The van der Waals surface area contributed by atoms with Crippen LogP contribution >= 0.6 is 12.4 Å². The number of fused-ring (bicyclic) bond motifs is 1. The second kappa shape index (κ2) is 9.74. The zero-order valence-corrected chi connectivity index (χ0v) is 17.5. The van der Waals surface area contributed by atoms with Crippen molar-refractivity contribution in [3.05, 3.63) is 83.9 Å². The number of likely N-dealkylation sites (tertiary alicyclic amines) is 1. The number of carbonyl (C=O) groups excluding carboxylic acids is 2. The summed E-state index contributed by atoms with van der Waals surface area (Å²) in [7, 11) is 0. The first-order valence-corrected chi connectivity index (χ1v) is 9.97. The first-order chi connectivity index (χ1) is 14.1. The quantitative estimate of drug-likeness (QED) is 0.660. The normalized spacial score (nSPS) is 18.1. The molecular formula is C24H26ClN3O2. The molecule has 0 aliphatic carbocycles. The fourth-order valence-electron chi connectivity index (χ4n) is 3.96. The average Bonchev–Trinajstić information content (AvgIpc) is 3.15. The fraction of sp³-hybridized carbons (Fsp3) is 0.250. The third-order valence-corrected chi connectivity index (χ3v) is 5.58. The van der Waals surface area contributed by atoms with Crippen molar-refractivity contribution in [2.24, 2.45) is 5.73 Å². The molecule has 3 aromatic rings. The summed E-state index contributed by atoms with van der Waals surface area (Å²) in [5, 5.41) is 4.97. The molecule has 0 bridgehead atoms. The fourth-order valence-corrected chi connectivity index (χ4v) is 3.96. The van der Waals surface area contributed by atoms with Crippen molar-refractivity contribution in [3.8, 4) is 0 Å². The number of nitrogens with zero attached hydrogens (tertiary/aromatic N) is 1. The van der Waals surface area contributed by atoms with Gasteiger partial charge in [-0.2, -0.15) is 0 Å². The van der Waals surface area contributed by atoms with E-state index in [0.717, 1.165) is 10.8 Å². The molecule has 1 aliphatic rings. The predicted molar refractivity (Wildman–Crippen MR) is 122 cm³/mol. The number of hydrogen-bond donors (Lipinski definition) is 2. The van der Waals surface area contributed by atoms with Crippen LogP contribution in [0.3, 0.4) is 0 Å². The molecule has 6 heteroatoms. The van der Waals surface area contributed by atoms with Crippen LogP contribution in [0.5, 0.6) is 0 Å². The van der Waals surface area contributed by atoms with E-state index in [1.807, 2.05) is 65.6 Å². The SMILES string of the molecule is Cl.N[C@@H]1CN(C(=O)CCNC(=O)c2ccc3ccccc3c2)C[C@H]1c1ccccc1. The number of benzene rings is 3. The molecule has 0 saturated carbocycles. The number of amides is 2. The highest BCUT2D eigenvalue weighted by molar-refractivity contribution is 5.98. The monoisotopic (exact) mass is 423 g/mol. The predicted octanol–water partition coefficient (Wildman–Crippen LogP) is 3.33. The van der Waals surface area contributed by atoms with Gasteiger partial charge >= 0.3 is 0 Å². The van der Waals surface area contributed by atoms with Crippen molar-refractivity contribution < 1.29 is 9.59 Å². The Bertz CT molecular complexity index is 1030. The van der Waals surface area contributed by atoms with E-state index in [1.165, 1.54) is 5.56 Å². The van der Waals surface area contributed by atoms with Gasteiger partial charge in [0, 0.05) is 43.6 Å². The third kappa shape index (κ3) is 4.81. The highest BCUT2D eigenvalue weighted by Crippen LogP contribution is 2.26. The molecule has 1 fully saturated rings. The smallest absolute Gasteiger partial charge is 0.251 e. The zero-order valence-electron chi connectivity index (χ0n) is 16.7. The van der Waals surface area contributed by atoms with Crippen molar-refractivity contribution in [1.29, 1.82) is 0 Å². The Labute approximate surface area is 182 Å². The number of nitrogens with one attached hydrogen (secondary N) is 1. The molecule has 0 aromatic heterocycles. The van der Waals surface area contributed by atoms with E-state index in [9.17, 15) is 9.59 Å². The Morgan fingerprint density at radius 3 is 2.40 bits per heavy atom. The standard InChI is InChI=1S/C24H25N3O2.ClH/c25-22-16-27(15-21(22)18-7-2-1-3-8-18)23(28)12-13-26-24(29)20-11-10-17-6-4-5-9-19(17)14-20;/h1-11,14,21-22H,12-13,15-16,25H2,(H,26,29);1H/t21-,22+;/m0./s1. The second-order valence-electron chi connectivity index (χ2n) is 7.55. The van der Waals surface area contributed by atoms with E-state index in [2.05, 4.69) is 17.4 Å². The molecule has 5 nitrogen and oxygen atoms in total. The van der Waals surface area contributed by atoms with Crippen molar-refractivity contribution in [3.63, 3.8) is 0 Å². The van der Waals surface area contributed by atoms with Gasteiger partial charge in [0.15, 0.2) is 0 Å². The van der Waals surface area contributed by atoms with Crippen LogP contribution in [0, 0.1) is 0 Å². The molecule has 1 aliphatic heterocycles. The van der Waals surface area contributed by atoms with Crippen molar-refractivity contribution in [2.45, 2.75) is 18.4 Å². The van der Waals surface area contributed by atoms with Crippen molar-refractivity contribution in [2.75, 3.05) is 19.6 Å². The lowest BCUT2D eigenvalue weighted by molar-refractivity contribution is -0.130. The van der Waals surface area contributed by atoms with Crippen LogP contribution in [0.4, 0.5) is 0 Å². The summed E-state index contributed by atoms with van der Waals surface area (Å²) < 4.78 is 0. The first-order valence-electron chi connectivity index (χ1n) is 9.97. The maximum absolute atomic E-state index is 12.6. The molecule has 1 saturated heterocycles. The summed E-state index contributed by atoms with van der Waals surface area (Å²) in [5.74, 6) is 0.0221. The summed E-state index contributed by atoms with van der Waals surface area (Å²) in [5.41, 5.74) is 8.04. The summed E-state index contributed by atoms with van der Waals surface area (Å²) in [4.78, 5) is 26.8. The van der Waals surface area contributed by atoms with Crippen LogP contribution in [-0.2, 0) is 4.79 Å². The minimum atomic E-state index is -0.163. The van der Waals surface area contributed by atoms with Gasteiger partial charge < -0.3 is 16.0 Å². The van der Waals surface area contributed by atoms with Gasteiger partial charge in [-0.05, 0) is 28.5 Å². The Morgan fingerprint density at radius 2 is 1.63 bits per heavy atom. The van der Waals surface area contributed by atoms with Gasteiger partial charge in [-0.25, -0.2) is 0 Å². The highest BCUT2D eigenvalue weighted by atomic mass is 35.5. The van der Waals surface area contributed by atoms with E-state index in [-0.39, 0.29) is 42.6 Å². The molecular weight excluding hydrogens is 398 g/mol. The van der Waals surface area contributed by atoms with E-state index >= 15 is 0 Å². The van der Waals surface area contributed by atoms with E-state index in [0.29, 0.717) is 25.2 Å². The molecule has 0 unspecified atom stereocenters. The van der Waals surface area contributed by atoms with Crippen LogP contribution in [0.25, 0.3) is 10.8 Å². The number of rotatable bonds is 5. The highest BCUT2D eigenvalue weighted by Gasteiger charge is 2.33. The van der Waals surface area contributed by atoms with Gasteiger partial charge in [0.25, 0.3) is 5.91 Å². The van der Waals surface area contributed by atoms with Gasteiger partial charge in [-0.3, -0.25) is 9.59 Å². The Hall–Kier alpha value is -2.89. The van der Waals surface area contributed by atoms with E-state index < -0.39 is 0 Å². The lowest BCUT2D eigenvalue weighted by Gasteiger charge is -2.16. The molecule has 30 heavy (non-hydrogen) atoms. The number of carbonyl (C=O) groups is 2. The summed E-state index contributed by atoms with van der Waals surface area (Å²) in [6.45, 7) is 1.49. The zero-order chi connectivity index (χ0) is 20.2. The third-order valence-electron chi connectivity index (χ3n) is 5.58. The van der Waals surface area contributed by atoms with E-state index in [1.54, 1.807) is 0 Å². The first kappa shape index (κ1) is 21.8. The summed E-state index contributed by atoms with van der Waals surface area (Å²) in [6, 6.07) is 23.6. The molecule has 0 radical (unpaired) electrons. The van der Waals surface area contributed by atoms with Crippen LogP contribution in [0.15, 0.2) is 72.8 Å². The molecule has 3 aromatic carbocycles. The largest absolute Gasteiger partial charge is 0.352 e. The van der Waals surface area contributed by atoms with Gasteiger partial charge in [0.2, 0.25) is 5.91 Å². The minimum absolute atomic E-state index is 0. The van der Waals surface area contributed by atoms with Crippen molar-refractivity contribution in [1.82, 2.24) is 10.2 Å². The molecule has 4 rings (SSSR count). The Kier molecular flexibility index (Phi) is 7.08. The second-order valence-corrected chi connectivity index (χ2v) is 7.55. The molecule has 2 amide bonds. The molecule has 156 valence electrons. The van der Waals surface area contributed by atoms with Gasteiger partial charge in [0.05, 0.1) is 0 Å². The molecule has 1 heterocycles. The molecule has 3 N–H and O–H groups in total. The van der Waals surface area contributed by atoms with Crippen LogP contribution in [0.2, 0.25) is 0 Å². The number of halogens is 1. The number of hydrogen-bond acceptors (Lipinski definition) is 3. The van der Waals surface area contributed by atoms with Crippen LogP contribution in [-0.4, -0.2) is 42.4 Å². The lowest BCUT2D eigenvalue weighted by atomic mass is 9.95. The van der Waals surface area contributed by atoms with Crippen LogP contribution in [0.1, 0.15) is 28.3 Å². The average molecular weight is 424 g/mol. The maximum Gasteiger partial charge on any atom is 0.251 e. The van der Waals surface area contributed by atoms with Gasteiger partial charge in [0.1, 0.15) is 0 Å². The van der Waals surface area contributed by atoms with Gasteiger partial charge in [-0.15, -0.1) is 12.4 Å². The number of nitrogens with two attached hydrogens (primary N) is 1.